The second-order valence-corrected chi connectivity index (χ2v) is 11.6. The molecule has 0 bridgehead atoms. The summed E-state index contributed by atoms with van der Waals surface area (Å²) in [5.41, 5.74) is 0.441. The highest BCUT2D eigenvalue weighted by molar-refractivity contribution is 7.92. The fraction of sp³-hybridized carbons (Fsp3) is 0.259. The van der Waals surface area contributed by atoms with Gasteiger partial charge in [-0.15, -0.1) is 0 Å². The first-order chi connectivity index (χ1) is 18.1. The zero-order chi connectivity index (χ0) is 27.3. The quantitative estimate of drug-likeness (QED) is 0.365. The van der Waals surface area contributed by atoms with Crippen LogP contribution < -0.4 is 14.8 Å². The summed E-state index contributed by atoms with van der Waals surface area (Å²) in [6, 6.07) is 16.7. The number of hydrogen-bond acceptors (Lipinski definition) is 5. The van der Waals surface area contributed by atoms with Gasteiger partial charge in [0.2, 0.25) is 5.91 Å². The maximum Gasteiger partial charge on any atom is 0.262 e. The van der Waals surface area contributed by atoms with Crippen molar-refractivity contribution >= 4 is 50.7 Å². The van der Waals surface area contributed by atoms with Crippen molar-refractivity contribution in [3.63, 3.8) is 0 Å². The maximum absolute atomic E-state index is 13.1. The molecule has 3 aromatic rings. The number of hydrogen-bond donors (Lipinski definition) is 2. The van der Waals surface area contributed by atoms with Crippen LogP contribution in [0.15, 0.2) is 71.6 Å². The zero-order valence-electron chi connectivity index (χ0n) is 20.6. The molecule has 0 aromatic heterocycles. The Bertz CT molecular complexity index is 1420. The molecule has 4 rings (SSSR count). The lowest BCUT2D eigenvalue weighted by Gasteiger charge is -2.30. The molecule has 0 unspecified atom stereocenters. The number of benzene rings is 3. The van der Waals surface area contributed by atoms with E-state index in [1.54, 1.807) is 41.3 Å². The molecule has 0 radical (unpaired) electrons. The number of rotatable bonds is 8. The van der Waals surface area contributed by atoms with Crippen LogP contribution in [0.4, 0.5) is 5.69 Å². The summed E-state index contributed by atoms with van der Waals surface area (Å²) in [4.78, 5) is 26.6. The van der Waals surface area contributed by atoms with E-state index in [4.69, 9.17) is 27.9 Å². The van der Waals surface area contributed by atoms with Crippen LogP contribution in [0.3, 0.4) is 0 Å². The number of amides is 2. The monoisotopic (exact) mass is 575 g/mol. The average molecular weight is 577 g/mol. The number of nitrogens with one attached hydrogen (secondary N) is 2. The highest BCUT2D eigenvalue weighted by Gasteiger charge is 2.21. The first kappa shape index (κ1) is 27.8. The molecule has 38 heavy (non-hydrogen) atoms. The van der Waals surface area contributed by atoms with Gasteiger partial charge in [-0.25, -0.2) is 8.42 Å². The third-order valence-corrected chi connectivity index (χ3v) is 8.12. The minimum absolute atomic E-state index is 0.0492. The molecule has 0 spiro atoms. The van der Waals surface area contributed by atoms with Gasteiger partial charge >= 0.3 is 0 Å². The van der Waals surface area contributed by atoms with Gasteiger partial charge in [0.1, 0.15) is 5.75 Å². The van der Waals surface area contributed by atoms with Crippen molar-refractivity contribution in [2.45, 2.75) is 24.7 Å². The molecule has 1 heterocycles. The molecule has 0 saturated carbocycles. The average Bonchev–Trinajstić information content (AvgIpc) is 2.90. The number of nitrogens with zero attached hydrogens (tertiary/aromatic N) is 1. The Kier molecular flexibility index (Phi) is 8.81. The highest BCUT2D eigenvalue weighted by atomic mass is 35.5. The molecule has 1 saturated heterocycles. The summed E-state index contributed by atoms with van der Waals surface area (Å²) in [6.07, 6.45) is 1.91. The number of para-hydroxylation sites is 2. The number of piperidine rings is 1. The van der Waals surface area contributed by atoms with Crippen molar-refractivity contribution < 1.29 is 22.7 Å². The smallest absolute Gasteiger partial charge is 0.262 e. The zero-order valence-corrected chi connectivity index (χ0v) is 22.9. The third-order valence-electron chi connectivity index (χ3n) is 6.21. The summed E-state index contributed by atoms with van der Waals surface area (Å²) >= 11 is 12.1. The molecule has 0 aliphatic carbocycles. The summed E-state index contributed by atoms with van der Waals surface area (Å²) in [6.45, 7) is 3.43. The Morgan fingerprint density at radius 2 is 1.66 bits per heavy atom. The van der Waals surface area contributed by atoms with Gasteiger partial charge in [-0.05, 0) is 73.4 Å². The van der Waals surface area contributed by atoms with Gasteiger partial charge in [0.15, 0.2) is 5.75 Å². The second kappa shape index (κ2) is 12.1. The lowest BCUT2D eigenvalue weighted by Crippen LogP contribution is -2.43. The lowest BCUT2D eigenvalue weighted by atomic mass is 9.99. The number of halogens is 2. The topological polar surface area (TPSA) is 105 Å². The van der Waals surface area contributed by atoms with Gasteiger partial charge in [-0.3, -0.25) is 14.3 Å². The van der Waals surface area contributed by atoms with E-state index in [0.717, 1.165) is 12.8 Å². The highest BCUT2D eigenvalue weighted by Crippen LogP contribution is 2.35. The number of carbonyl (C=O) groups is 2. The van der Waals surface area contributed by atoms with Crippen molar-refractivity contribution in [2.75, 3.05) is 24.4 Å². The standard InChI is InChI=1S/C27H27Cl2N3O5S/c1-18-12-14-32(15-13-18)26(33)17-30-27(34)19-6-9-21(10-7-19)38(35,36)31-23-4-2-3-5-25(23)37-24-11-8-20(28)16-22(24)29/h2-11,16,18,31H,12-15,17H2,1H3,(H,30,34). The van der Waals surface area contributed by atoms with Crippen molar-refractivity contribution in [3.05, 3.63) is 82.3 Å². The molecule has 1 fully saturated rings. The van der Waals surface area contributed by atoms with Gasteiger partial charge in [-0.2, -0.15) is 0 Å². The fourth-order valence-electron chi connectivity index (χ4n) is 3.93. The van der Waals surface area contributed by atoms with Crippen LogP contribution in [0, 0.1) is 5.92 Å². The number of sulfonamides is 1. The van der Waals surface area contributed by atoms with Crippen LogP contribution >= 0.6 is 23.2 Å². The summed E-state index contributed by atoms with van der Waals surface area (Å²) < 4.78 is 34.4. The Morgan fingerprint density at radius 3 is 2.34 bits per heavy atom. The van der Waals surface area contributed by atoms with E-state index in [2.05, 4.69) is 17.0 Å². The minimum Gasteiger partial charge on any atom is -0.454 e. The largest absolute Gasteiger partial charge is 0.454 e. The molecule has 2 amide bonds. The Hall–Kier alpha value is -3.27. The Balaban J connectivity index is 1.40. The summed E-state index contributed by atoms with van der Waals surface area (Å²) in [5, 5.41) is 3.33. The van der Waals surface area contributed by atoms with Crippen LogP contribution in [-0.4, -0.2) is 44.8 Å². The maximum atomic E-state index is 13.1. The van der Waals surface area contributed by atoms with E-state index in [9.17, 15) is 18.0 Å². The fourth-order valence-corrected chi connectivity index (χ4v) is 5.45. The molecule has 8 nitrogen and oxygen atoms in total. The first-order valence-electron chi connectivity index (χ1n) is 12.0. The number of carbonyl (C=O) groups excluding carboxylic acids is 2. The predicted octanol–water partition coefficient (Wildman–Crippen LogP) is 5.57. The van der Waals surface area contributed by atoms with Crippen molar-refractivity contribution in [2.24, 2.45) is 5.92 Å². The van der Waals surface area contributed by atoms with E-state index in [-0.39, 0.29) is 39.4 Å². The van der Waals surface area contributed by atoms with Crippen LogP contribution in [0.1, 0.15) is 30.1 Å². The molecule has 3 aromatic carbocycles. The molecule has 0 atom stereocenters. The van der Waals surface area contributed by atoms with Crippen molar-refractivity contribution in [3.8, 4) is 11.5 Å². The first-order valence-corrected chi connectivity index (χ1v) is 14.3. The van der Waals surface area contributed by atoms with Crippen molar-refractivity contribution in [1.82, 2.24) is 10.2 Å². The molecule has 2 N–H and O–H groups in total. The third kappa shape index (κ3) is 6.98. The number of ether oxygens (including phenoxy) is 1. The van der Waals surface area contributed by atoms with E-state index in [1.165, 1.54) is 30.3 Å². The van der Waals surface area contributed by atoms with Crippen LogP contribution in [-0.2, 0) is 14.8 Å². The van der Waals surface area contributed by atoms with Gasteiger partial charge in [-0.1, -0.05) is 42.3 Å². The predicted molar refractivity (Wildman–Crippen MR) is 148 cm³/mol. The van der Waals surface area contributed by atoms with Gasteiger partial charge < -0.3 is 15.0 Å². The number of likely N-dealkylation sites (tertiary alicyclic amines) is 1. The van der Waals surface area contributed by atoms with Gasteiger partial charge in [0, 0.05) is 23.7 Å². The molecule has 200 valence electrons. The van der Waals surface area contributed by atoms with Crippen LogP contribution in [0.2, 0.25) is 10.0 Å². The molecular weight excluding hydrogens is 549 g/mol. The van der Waals surface area contributed by atoms with Crippen LogP contribution in [0.25, 0.3) is 0 Å². The summed E-state index contributed by atoms with van der Waals surface area (Å²) in [7, 11) is -4.01. The van der Waals surface area contributed by atoms with E-state index >= 15 is 0 Å². The van der Waals surface area contributed by atoms with E-state index in [0.29, 0.717) is 29.8 Å². The second-order valence-electron chi connectivity index (χ2n) is 9.05. The van der Waals surface area contributed by atoms with Gasteiger partial charge in [0.25, 0.3) is 15.9 Å². The summed E-state index contributed by atoms with van der Waals surface area (Å²) in [5.74, 6) is 0.560. The Morgan fingerprint density at radius 1 is 0.974 bits per heavy atom. The van der Waals surface area contributed by atoms with Crippen LogP contribution in [0.5, 0.6) is 11.5 Å². The van der Waals surface area contributed by atoms with E-state index in [1.807, 2.05) is 0 Å². The normalized spacial score (nSPS) is 14.1. The molecule has 11 heteroatoms. The van der Waals surface area contributed by atoms with E-state index < -0.39 is 15.9 Å². The van der Waals surface area contributed by atoms with Crippen molar-refractivity contribution in [1.29, 1.82) is 0 Å². The Labute approximate surface area is 231 Å². The number of anilines is 1. The minimum atomic E-state index is -4.01. The SMILES string of the molecule is CC1CCN(C(=O)CNC(=O)c2ccc(S(=O)(=O)Nc3ccccc3Oc3ccc(Cl)cc3Cl)cc2)CC1. The van der Waals surface area contributed by atoms with Gasteiger partial charge in [0.05, 0.1) is 22.2 Å². The molecule has 1 aliphatic heterocycles. The molecule has 1 aliphatic rings. The lowest BCUT2D eigenvalue weighted by molar-refractivity contribution is -0.131. The molecular formula is C27H27Cl2N3O5S.